The third kappa shape index (κ3) is 4.25. The molecule has 2 aromatic carbocycles. The number of Topliss-reactive ketones (excluding diaryl/α,β-unsaturated/α-hetero) is 1. The third-order valence-corrected chi connectivity index (χ3v) is 4.78. The lowest BCUT2D eigenvalue weighted by atomic mass is 9.73. The van der Waals surface area contributed by atoms with Crippen LogP contribution in [-0.4, -0.2) is 34.2 Å². The molecular formula is C22H23NO4. The van der Waals surface area contributed by atoms with Crippen LogP contribution in [0.1, 0.15) is 32.3 Å². The van der Waals surface area contributed by atoms with Crippen LogP contribution in [0.3, 0.4) is 0 Å². The summed E-state index contributed by atoms with van der Waals surface area (Å²) in [6.07, 6.45) is 0.962. The van der Waals surface area contributed by atoms with E-state index >= 15 is 0 Å². The molecule has 0 aromatic heterocycles. The molecule has 140 valence electrons. The van der Waals surface area contributed by atoms with E-state index in [2.05, 4.69) is 4.99 Å². The highest BCUT2D eigenvalue weighted by atomic mass is 16.4. The molecule has 0 heterocycles. The molecular weight excluding hydrogens is 342 g/mol. The first-order valence-electron chi connectivity index (χ1n) is 8.94. The molecule has 5 nitrogen and oxygen atoms in total. The minimum absolute atomic E-state index is 0.0454. The van der Waals surface area contributed by atoms with Crippen molar-refractivity contribution in [1.29, 1.82) is 0 Å². The highest BCUT2D eigenvalue weighted by Crippen LogP contribution is 2.36. The Morgan fingerprint density at radius 2 is 1.78 bits per heavy atom. The van der Waals surface area contributed by atoms with Crippen molar-refractivity contribution < 1.29 is 19.8 Å². The number of allylic oxidation sites excluding steroid dienone is 2. The van der Waals surface area contributed by atoms with Crippen LogP contribution in [0.15, 0.2) is 58.8 Å². The standard InChI is InChI=1S/C22H23NO4/c1-22(2)11-17(23-13-20(26)27)21(19(25)12-22)18(24)10-15-8-5-7-14-6-3-4-9-16(14)15/h3-9,24H,10-13H2,1-2H3,(H,26,27). The Kier molecular flexibility index (Phi) is 5.13. The predicted molar refractivity (Wildman–Crippen MR) is 105 cm³/mol. The zero-order valence-corrected chi connectivity index (χ0v) is 15.5. The van der Waals surface area contributed by atoms with Crippen LogP contribution in [0.4, 0.5) is 0 Å². The number of aliphatic carboxylic acids is 1. The fourth-order valence-corrected chi connectivity index (χ4v) is 3.63. The first kappa shape index (κ1) is 18.8. The number of hydrogen-bond acceptors (Lipinski definition) is 4. The molecule has 1 aliphatic carbocycles. The van der Waals surface area contributed by atoms with Crippen molar-refractivity contribution in [3.63, 3.8) is 0 Å². The number of aliphatic hydroxyl groups excluding tert-OH is 1. The zero-order chi connectivity index (χ0) is 19.6. The van der Waals surface area contributed by atoms with Crippen LogP contribution in [-0.2, 0) is 16.0 Å². The molecule has 0 spiro atoms. The summed E-state index contributed by atoms with van der Waals surface area (Å²) in [6.45, 7) is 3.48. The molecule has 1 fully saturated rings. The van der Waals surface area contributed by atoms with Gasteiger partial charge in [-0.1, -0.05) is 56.3 Å². The van der Waals surface area contributed by atoms with Crippen molar-refractivity contribution in [3.05, 3.63) is 59.4 Å². The first-order valence-corrected chi connectivity index (χ1v) is 8.94. The number of hydrogen-bond donors (Lipinski definition) is 2. The monoisotopic (exact) mass is 365 g/mol. The topological polar surface area (TPSA) is 87.0 Å². The Morgan fingerprint density at radius 1 is 1.07 bits per heavy atom. The van der Waals surface area contributed by atoms with Crippen molar-refractivity contribution >= 4 is 28.2 Å². The zero-order valence-electron chi connectivity index (χ0n) is 15.5. The number of ketones is 1. The molecule has 5 heteroatoms. The van der Waals surface area contributed by atoms with Crippen LogP contribution < -0.4 is 0 Å². The minimum Gasteiger partial charge on any atom is -0.511 e. The molecule has 0 bridgehead atoms. The molecule has 1 aliphatic rings. The second-order valence-corrected chi connectivity index (χ2v) is 7.73. The molecule has 0 amide bonds. The number of aliphatic hydroxyl groups is 1. The van der Waals surface area contributed by atoms with Crippen LogP contribution in [0, 0.1) is 5.41 Å². The van der Waals surface area contributed by atoms with Gasteiger partial charge in [-0.2, -0.15) is 0 Å². The summed E-state index contributed by atoms with van der Waals surface area (Å²) in [5.41, 5.74) is 1.17. The Balaban J connectivity index is 2.03. The van der Waals surface area contributed by atoms with Gasteiger partial charge < -0.3 is 10.2 Å². The highest BCUT2D eigenvalue weighted by molar-refractivity contribution is 6.25. The van der Waals surface area contributed by atoms with E-state index in [-0.39, 0.29) is 29.0 Å². The van der Waals surface area contributed by atoms with Gasteiger partial charge in [-0.05, 0) is 28.2 Å². The molecule has 0 atom stereocenters. The van der Waals surface area contributed by atoms with Gasteiger partial charge in [0.05, 0.1) is 11.3 Å². The molecule has 0 radical (unpaired) electrons. The predicted octanol–water partition coefficient (Wildman–Crippen LogP) is 4.11. The van der Waals surface area contributed by atoms with E-state index in [1.807, 2.05) is 56.3 Å². The van der Waals surface area contributed by atoms with Crippen molar-refractivity contribution in [2.24, 2.45) is 10.4 Å². The van der Waals surface area contributed by atoms with Gasteiger partial charge in [-0.15, -0.1) is 0 Å². The van der Waals surface area contributed by atoms with Gasteiger partial charge in [-0.25, -0.2) is 0 Å². The molecule has 27 heavy (non-hydrogen) atoms. The van der Waals surface area contributed by atoms with Gasteiger partial charge in [0.15, 0.2) is 5.78 Å². The number of fused-ring (bicyclic) bond motifs is 1. The Hall–Kier alpha value is -2.95. The maximum Gasteiger partial charge on any atom is 0.325 e. The number of carbonyl (C=O) groups is 2. The molecule has 2 N–H and O–H groups in total. The van der Waals surface area contributed by atoms with E-state index < -0.39 is 12.5 Å². The smallest absolute Gasteiger partial charge is 0.325 e. The fourth-order valence-electron chi connectivity index (χ4n) is 3.63. The summed E-state index contributed by atoms with van der Waals surface area (Å²) in [5.74, 6) is -1.30. The lowest BCUT2D eigenvalue weighted by Crippen LogP contribution is -2.33. The van der Waals surface area contributed by atoms with E-state index in [9.17, 15) is 14.7 Å². The van der Waals surface area contributed by atoms with E-state index in [0.29, 0.717) is 18.6 Å². The molecule has 0 unspecified atom stereocenters. The lowest BCUT2D eigenvalue weighted by Gasteiger charge is -2.31. The minimum atomic E-state index is -1.06. The number of carbonyl (C=O) groups excluding carboxylic acids is 1. The maximum absolute atomic E-state index is 12.7. The van der Waals surface area contributed by atoms with Gasteiger partial charge in [0.25, 0.3) is 0 Å². The van der Waals surface area contributed by atoms with Crippen molar-refractivity contribution in [2.75, 3.05) is 6.54 Å². The summed E-state index contributed by atoms with van der Waals surface area (Å²) in [4.78, 5) is 27.8. The van der Waals surface area contributed by atoms with E-state index in [0.717, 1.165) is 16.3 Å². The average molecular weight is 365 g/mol. The van der Waals surface area contributed by atoms with Gasteiger partial charge in [0, 0.05) is 12.8 Å². The molecule has 3 rings (SSSR count). The first-order chi connectivity index (χ1) is 12.8. The maximum atomic E-state index is 12.7. The number of nitrogens with zero attached hydrogens (tertiary/aromatic N) is 1. The fraction of sp³-hybridized carbons (Fsp3) is 0.318. The van der Waals surface area contributed by atoms with Crippen molar-refractivity contribution in [2.45, 2.75) is 33.1 Å². The van der Waals surface area contributed by atoms with Crippen LogP contribution in [0.25, 0.3) is 10.8 Å². The number of carboxylic acid groups (broad SMARTS) is 1. The van der Waals surface area contributed by atoms with Crippen LogP contribution in [0.5, 0.6) is 0 Å². The van der Waals surface area contributed by atoms with Crippen molar-refractivity contribution in [1.82, 2.24) is 0 Å². The van der Waals surface area contributed by atoms with E-state index in [1.54, 1.807) is 0 Å². The lowest BCUT2D eigenvalue weighted by molar-refractivity contribution is -0.135. The molecule has 1 saturated carbocycles. The number of rotatable bonds is 4. The molecule has 0 aliphatic heterocycles. The average Bonchev–Trinajstić information content (AvgIpc) is 2.58. The summed E-state index contributed by atoms with van der Waals surface area (Å²) in [6, 6.07) is 13.7. The second kappa shape index (κ2) is 7.35. The van der Waals surface area contributed by atoms with Crippen LogP contribution in [0.2, 0.25) is 0 Å². The van der Waals surface area contributed by atoms with Crippen molar-refractivity contribution in [3.8, 4) is 0 Å². The third-order valence-electron chi connectivity index (χ3n) is 4.78. The van der Waals surface area contributed by atoms with Gasteiger partial charge in [-0.3, -0.25) is 14.6 Å². The Bertz CT molecular complexity index is 964. The summed E-state index contributed by atoms with van der Waals surface area (Å²) < 4.78 is 0. The largest absolute Gasteiger partial charge is 0.511 e. The highest BCUT2D eigenvalue weighted by Gasteiger charge is 2.36. The summed E-state index contributed by atoms with van der Waals surface area (Å²) in [7, 11) is 0. The van der Waals surface area contributed by atoms with E-state index in [4.69, 9.17) is 5.11 Å². The summed E-state index contributed by atoms with van der Waals surface area (Å²) >= 11 is 0. The van der Waals surface area contributed by atoms with E-state index in [1.165, 1.54) is 0 Å². The molecule has 0 saturated heterocycles. The van der Waals surface area contributed by atoms with Gasteiger partial charge in [0.1, 0.15) is 12.3 Å². The summed E-state index contributed by atoms with van der Waals surface area (Å²) in [5, 5.41) is 21.8. The number of benzene rings is 2. The second-order valence-electron chi connectivity index (χ2n) is 7.73. The normalized spacial score (nSPS) is 20.1. The van der Waals surface area contributed by atoms with Crippen LogP contribution >= 0.6 is 0 Å². The van der Waals surface area contributed by atoms with Gasteiger partial charge >= 0.3 is 5.97 Å². The number of aliphatic imine (C=N–C) groups is 1. The quantitative estimate of drug-likeness (QED) is 0.630. The Labute approximate surface area is 158 Å². The number of carboxylic acids is 1. The molecule has 2 aromatic rings. The SMILES string of the molecule is CC1(C)CC(=O)C(=C(O)Cc2cccc3ccccc23)C(=NCC(=O)O)C1. The van der Waals surface area contributed by atoms with Gasteiger partial charge in [0.2, 0.25) is 0 Å². The Morgan fingerprint density at radius 3 is 2.52 bits per heavy atom.